The number of thioether (sulfide) groups is 3. The largest absolute Gasteiger partial charge is 0.468 e. The maximum absolute atomic E-state index is 13.0. The number of hydrogen-bond donors (Lipinski definition) is 3. The van der Waals surface area contributed by atoms with Gasteiger partial charge in [0, 0.05) is 6.42 Å². The third-order valence-electron chi connectivity index (χ3n) is 5.45. The molecule has 0 aromatic rings. The van der Waals surface area contributed by atoms with Gasteiger partial charge in [0.25, 0.3) is 5.91 Å². The molecule has 0 aliphatic rings. The second kappa shape index (κ2) is 22.0. The van der Waals surface area contributed by atoms with Crippen molar-refractivity contribution in [3.63, 3.8) is 0 Å². The van der Waals surface area contributed by atoms with Gasteiger partial charge in [-0.2, -0.15) is 11.8 Å². The zero-order valence-electron chi connectivity index (χ0n) is 25.0. The Morgan fingerprint density at radius 2 is 1.49 bits per heavy atom. The minimum atomic E-state index is -1.22. The average Bonchev–Trinajstić information content (AvgIpc) is 2.97. The molecule has 2 atom stereocenters. The van der Waals surface area contributed by atoms with Crippen LogP contribution in [0.5, 0.6) is 0 Å². The van der Waals surface area contributed by atoms with Crippen molar-refractivity contribution in [1.29, 1.82) is 10.8 Å². The Balaban J connectivity index is 4.73. The van der Waals surface area contributed by atoms with Gasteiger partial charge < -0.3 is 14.8 Å². The average molecular weight is 763 g/mol. The maximum Gasteiger partial charge on any atom is 0.322 e. The molecule has 0 aliphatic carbocycles. The molecule has 0 bridgehead atoms. The molecule has 0 aromatic carbocycles. The lowest BCUT2D eigenvalue weighted by Gasteiger charge is -2.22. The van der Waals surface area contributed by atoms with Crippen molar-refractivity contribution in [3.05, 3.63) is 71.2 Å². The lowest BCUT2D eigenvalue weighted by atomic mass is 9.97. The van der Waals surface area contributed by atoms with Crippen LogP contribution < -0.4 is 5.32 Å². The number of hydrogen-bond acceptors (Lipinski definition) is 11. The Labute approximate surface area is 280 Å². The first kappa shape index (κ1) is 40.4. The SMILES string of the molecule is C=C/C(=C\C)C(C(=O)OC)C(=O)N(I)C(=C)SC(=C)CCSCCC(=N)SC(=N)NC(=O)C(C(=O)OC)C(/C=C\C)=C/C. The number of methoxy groups -OCH3 is 2. The Kier molecular flexibility index (Phi) is 20.7. The molecule has 43 heavy (non-hydrogen) atoms. The number of allylic oxidation sites excluding steroid dienone is 6. The Morgan fingerprint density at radius 3 is 2.00 bits per heavy atom. The molecular formula is C29H39IN4O6S3. The van der Waals surface area contributed by atoms with Gasteiger partial charge in [-0.25, -0.2) is 3.11 Å². The quantitative estimate of drug-likeness (QED) is 0.0224. The molecule has 0 aliphatic heterocycles. The van der Waals surface area contributed by atoms with E-state index in [1.165, 1.54) is 35.2 Å². The summed E-state index contributed by atoms with van der Waals surface area (Å²) in [5.74, 6) is -3.70. The van der Waals surface area contributed by atoms with Gasteiger partial charge in [0.05, 0.1) is 47.2 Å². The fraction of sp³-hybridized carbons (Fsp3) is 0.379. The van der Waals surface area contributed by atoms with E-state index in [9.17, 15) is 19.2 Å². The predicted octanol–water partition coefficient (Wildman–Crippen LogP) is 6.39. The molecule has 10 nitrogen and oxygen atoms in total. The van der Waals surface area contributed by atoms with Crippen LogP contribution in [0.25, 0.3) is 0 Å². The van der Waals surface area contributed by atoms with E-state index >= 15 is 0 Å². The zero-order valence-corrected chi connectivity index (χ0v) is 29.6. The van der Waals surface area contributed by atoms with Crippen LogP contribution in [0.3, 0.4) is 0 Å². The Morgan fingerprint density at radius 1 is 0.930 bits per heavy atom. The first-order valence-corrected chi connectivity index (χ1v) is 16.6. The maximum atomic E-state index is 13.0. The summed E-state index contributed by atoms with van der Waals surface area (Å²) in [5, 5.41) is 18.9. The summed E-state index contributed by atoms with van der Waals surface area (Å²) < 4.78 is 10.8. The monoisotopic (exact) mass is 762 g/mol. The van der Waals surface area contributed by atoms with Crippen LogP contribution in [0.15, 0.2) is 71.2 Å². The second-order valence-corrected chi connectivity index (χ2v) is 12.9. The van der Waals surface area contributed by atoms with Crippen LogP contribution in [-0.4, -0.2) is 62.8 Å². The standard InChI is InChI=1S/C29H39IN4O6S3/c1-9-13-21(12-4)23(27(37)39-7)25(35)33-29(32)43-22(31)15-17-41-16-14-18(5)42-19(6)34(30)26(36)24(28(38)40-8)20(10-2)11-3/h9-13,23-24,31H,2,5-6,14-17H2,1,3-4,7-8H3,(H2,32,33,35)/b13-9-,20-11+,21-12+,31-22?. The number of rotatable bonds is 17. The van der Waals surface area contributed by atoms with E-state index in [-0.39, 0.29) is 10.2 Å². The second-order valence-electron chi connectivity index (χ2n) is 8.30. The van der Waals surface area contributed by atoms with Crippen LogP contribution in [0.4, 0.5) is 0 Å². The number of halogens is 1. The van der Waals surface area contributed by atoms with Crippen LogP contribution >= 0.6 is 58.2 Å². The van der Waals surface area contributed by atoms with E-state index in [0.29, 0.717) is 40.5 Å². The summed E-state index contributed by atoms with van der Waals surface area (Å²) in [7, 11) is 2.41. The van der Waals surface area contributed by atoms with Crippen molar-refractivity contribution in [3.8, 4) is 0 Å². The minimum absolute atomic E-state index is 0.188. The molecule has 236 valence electrons. The summed E-state index contributed by atoms with van der Waals surface area (Å²) in [6, 6.07) is 0. The number of nitrogens with zero attached hydrogens (tertiary/aromatic N) is 1. The van der Waals surface area contributed by atoms with E-state index in [1.807, 2.05) is 0 Å². The molecule has 0 saturated heterocycles. The van der Waals surface area contributed by atoms with Gasteiger partial charge in [-0.05, 0) is 66.5 Å². The van der Waals surface area contributed by atoms with Gasteiger partial charge in [0.1, 0.15) is 0 Å². The number of amidine groups is 1. The lowest BCUT2D eigenvalue weighted by Crippen LogP contribution is -2.39. The van der Waals surface area contributed by atoms with E-state index < -0.39 is 35.6 Å². The molecule has 0 fully saturated rings. The van der Waals surface area contributed by atoms with Gasteiger partial charge >= 0.3 is 11.9 Å². The van der Waals surface area contributed by atoms with Gasteiger partial charge in [0.2, 0.25) is 5.91 Å². The third kappa shape index (κ3) is 14.2. The topological polar surface area (TPSA) is 150 Å². The molecule has 3 N–H and O–H groups in total. The van der Waals surface area contributed by atoms with Crippen molar-refractivity contribution in [2.45, 2.75) is 33.6 Å². The number of esters is 2. The molecule has 0 rings (SSSR count). The highest BCUT2D eigenvalue weighted by Crippen LogP contribution is 2.33. The van der Waals surface area contributed by atoms with Crippen molar-refractivity contribution in [2.75, 3.05) is 25.7 Å². The van der Waals surface area contributed by atoms with Gasteiger partial charge in [0.15, 0.2) is 17.0 Å². The van der Waals surface area contributed by atoms with E-state index in [4.69, 9.17) is 20.3 Å². The third-order valence-corrected chi connectivity index (χ3v) is 9.48. The highest BCUT2D eigenvalue weighted by molar-refractivity contribution is 14.1. The summed E-state index contributed by atoms with van der Waals surface area (Å²) in [5.41, 5.74) is 0.878. The molecule has 14 heteroatoms. The molecule has 0 heterocycles. The van der Waals surface area contributed by atoms with Gasteiger partial charge in [-0.3, -0.25) is 30.0 Å². The summed E-state index contributed by atoms with van der Waals surface area (Å²) >= 11 is 5.42. The van der Waals surface area contributed by atoms with E-state index in [2.05, 4.69) is 25.1 Å². The summed E-state index contributed by atoms with van der Waals surface area (Å²) in [4.78, 5) is 50.9. The number of amides is 2. The van der Waals surface area contributed by atoms with E-state index in [0.717, 1.165) is 16.7 Å². The molecular weight excluding hydrogens is 723 g/mol. The van der Waals surface area contributed by atoms with E-state index in [1.54, 1.807) is 79.7 Å². The Bertz CT molecular complexity index is 1200. The van der Waals surface area contributed by atoms with Crippen molar-refractivity contribution in [2.24, 2.45) is 11.8 Å². The number of carbonyl (C=O) groups is 4. The van der Waals surface area contributed by atoms with Gasteiger partial charge in [-0.1, -0.05) is 61.9 Å². The predicted molar refractivity (Wildman–Crippen MR) is 188 cm³/mol. The molecule has 2 unspecified atom stereocenters. The molecule has 0 aromatic heterocycles. The van der Waals surface area contributed by atoms with Crippen LogP contribution in [0, 0.1) is 22.7 Å². The summed E-state index contributed by atoms with van der Waals surface area (Å²) in [6.45, 7) is 16.8. The van der Waals surface area contributed by atoms with Gasteiger partial charge in [-0.15, -0.1) is 0 Å². The molecule has 0 radical (unpaired) electrons. The number of nitrogens with one attached hydrogen (secondary N) is 3. The fourth-order valence-corrected chi connectivity index (χ4v) is 6.38. The number of ether oxygens (including phenoxy) is 2. The van der Waals surface area contributed by atoms with Crippen LogP contribution in [0.2, 0.25) is 0 Å². The fourth-order valence-electron chi connectivity index (χ4n) is 3.29. The highest BCUT2D eigenvalue weighted by atomic mass is 127. The first-order chi connectivity index (χ1) is 20.3. The molecule has 2 amide bonds. The van der Waals surface area contributed by atoms with Crippen molar-refractivity contribution >= 4 is 92.1 Å². The lowest BCUT2D eigenvalue weighted by molar-refractivity contribution is -0.150. The molecule has 0 spiro atoms. The first-order valence-electron chi connectivity index (χ1n) is 12.8. The number of carbonyl (C=O) groups excluding carboxylic acids is 4. The minimum Gasteiger partial charge on any atom is -0.468 e. The van der Waals surface area contributed by atoms with Crippen LogP contribution in [-0.2, 0) is 28.7 Å². The summed E-state index contributed by atoms with van der Waals surface area (Å²) in [6.07, 6.45) is 9.01. The molecule has 0 saturated carbocycles. The zero-order chi connectivity index (χ0) is 33.1. The van der Waals surface area contributed by atoms with Crippen molar-refractivity contribution in [1.82, 2.24) is 8.43 Å². The van der Waals surface area contributed by atoms with Crippen molar-refractivity contribution < 1.29 is 28.7 Å². The normalized spacial score (nSPS) is 13.0. The smallest absolute Gasteiger partial charge is 0.322 e. The highest BCUT2D eigenvalue weighted by Gasteiger charge is 2.34. The van der Waals surface area contributed by atoms with Crippen LogP contribution in [0.1, 0.15) is 33.6 Å². The Hall–Kier alpha value is -2.56.